The molecular weight excluding hydrogens is 416 g/mol. The van der Waals surface area contributed by atoms with Crippen LogP contribution in [0.25, 0.3) is 11.1 Å². The molecule has 0 radical (unpaired) electrons. The van der Waals surface area contributed by atoms with Crippen molar-refractivity contribution in [1.29, 1.82) is 0 Å². The van der Waals surface area contributed by atoms with Gasteiger partial charge in [0.25, 0.3) is 10.0 Å². The zero-order chi connectivity index (χ0) is 20.6. The van der Waals surface area contributed by atoms with Gasteiger partial charge in [-0.05, 0) is 30.3 Å². The summed E-state index contributed by atoms with van der Waals surface area (Å²) < 4.78 is 40.6. The summed E-state index contributed by atoms with van der Waals surface area (Å²) in [6.45, 7) is 0. The molecule has 7 nitrogen and oxygen atoms in total. The van der Waals surface area contributed by atoms with Crippen LogP contribution in [0.4, 0.5) is 5.69 Å². The molecule has 0 aliphatic carbocycles. The summed E-state index contributed by atoms with van der Waals surface area (Å²) in [6, 6.07) is 18.2. The third-order valence-corrected chi connectivity index (χ3v) is 6.07. The summed E-state index contributed by atoms with van der Waals surface area (Å²) in [4.78, 5) is 11.5. The monoisotopic (exact) mass is 430 g/mol. The molecule has 29 heavy (non-hydrogen) atoms. The normalized spacial score (nSPS) is 11.5. The molecule has 0 saturated carbocycles. The zero-order valence-corrected chi connectivity index (χ0v) is 16.7. The molecule has 0 aliphatic rings. The van der Waals surface area contributed by atoms with Gasteiger partial charge in [-0.1, -0.05) is 41.9 Å². The lowest BCUT2D eigenvalue weighted by Gasteiger charge is -2.14. The van der Waals surface area contributed by atoms with Crippen molar-refractivity contribution in [1.82, 2.24) is 4.57 Å². The minimum Gasteiger partial charge on any atom is -0.455 e. The highest BCUT2D eigenvalue weighted by Gasteiger charge is 2.22. The van der Waals surface area contributed by atoms with E-state index in [0.717, 1.165) is 0 Å². The van der Waals surface area contributed by atoms with Crippen molar-refractivity contribution in [3.05, 3.63) is 82.3 Å². The highest BCUT2D eigenvalue weighted by atomic mass is 35.5. The minimum atomic E-state index is -4.09. The van der Waals surface area contributed by atoms with E-state index in [9.17, 15) is 13.2 Å². The number of benzene rings is 3. The number of para-hydroxylation sites is 3. The molecule has 148 valence electrons. The van der Waals surface area contributed by atoms with Gasteiger partial charge in [-0.3, -0.25) is 9.29 Å². The lowest BCUT2D eigenvalue weighted by molar-refractivity contribution is 0.485. The average Bonchev–Trinajstić information content (AvgIpc) is 2.97. The maximum atomic E-state index is 13.0. The van der Waals surface area contributed by atoms with Gasteiger partial charge in [0.15, 0.2) is 11.3 Å². The second kappa shape index (κ2) is 7.31. The van der Waals surface area contributed by atoms with Gasteiger partial charge < -0.3 is 9.15 Å². The fourth-order valence-electron chi connectivity index (χ4n) is 2.79. The fourth-order valence-corrected chi connectivity index (χ4v) is 4.40. The number of rotatable bonds is 5. The molecule has 0 amide bonds. The molecule has 0 bridgehead atoms. The van der Waals surface area contributed by atoms with Crippen LogP contribution in [0.2, 0.25) is 5.02 Å². The maximum absolute atomic E-state index is 13.0. The number of nitrogens with zero attached hydrogens (tertiary/aromatic N) is 1. The van der Waals surface area contributed by atoms with Crippen molar-refractivity contribution >= 4 is 38.4 Å². The molecule has 0 aliphatic heterocycles. The zero-order valence-electron chi connectivity index (χ0n) is 15.1. The van der Waals surface area contributed by atoms with Gasteiger partial charge in [0, 0.05) is 13.1 Å². The van der Waals surface area contributed by atoms with Gasteiger partial charge in [0.1, 0.15) is 10.6 Å². The van der Waals surface area contributed by atoms with Crippen LogP contribution in [0.15, 0.2) is 80.8 Å². The largest absolute Gasteiger partial charge is 0.455 e. The molecule has 9 heteroatoms. The van der Waals surface area contributed by atoms with Crippen molar-refractivity contribution in [3.63, 3.8) is 0 Å². The summed E-state index contributed by atoms with van der Waals surface area (Å²) >= 11 is 6.20. The number of nitrogens with one attached hydrogen (secondary N) is 1. The molecule has 3 aromatic carbocycles. The summed E-state index contributed by atoms with van der Waals surface area (Å²) in [5.41, 5.74) is 0.755. The van der Waals surface area contributed by atoms with Crippen LogP contribution in [0, 0.1) is 0 Å². The van der Waals surface area contributed by atoms with Crippen LogP contribution in [-0.2, 0) is 17.1 Å². The number of hydrogen-bond acceptors (Lipinski definition) is 5. The Morgan fingerprint density at radius 1 is 1.03 bits per heavy atom. The van der Waals surface area contributed by atoms with Crippen LogP contribution in [0.5, 0.6) is 11.5 Å². The highest BCUT2D eigenvalue weighted by molar-refractivity contribution is 7.92. The summed E-state index contributed by atoms with van der Waals surface area (Å²) in [7, 11) is -2.58. The third kappa shape index (κ3) is 3.72. The summed E-state index contributed by atoms with van der Waals surface area (Å²) in [5.74, 6) is 0.274. The molecule has 0 spiro atoms. The number of aromatic nitrogens is 1. The smallest absolute Gasteiger partial charge is 0.419 e. The van der Waals surface area contributed by atoms with E-state index in [-0.39, 0.29) is 21.2 Å². The number of fused-ring (bicyclic) bond motifs is 1. The number of sulfonamides is 1. The standard InChI is InChI=1S/C20H15ClN2O5S/c1-23-16-11-14(21)19(12-18(16)28-20(23)24)29(25,26)22-15-9-5-6-10-17(15)27-13-7-3-2-4-8-13/h2-12,22H,1H3. The van der Waals surface area contributed by atoms with Gasteiger partial charge in [0.05, 0.1) is 16.2 Å². The first-order valence-electron chi connectivity index (χ1n) is 8.49. The number of anilines is 1. The molecule has 0 fully saturated rings. The predicted molar refractivity (Wildman–Crippen MR) is 110 cm³/mol. The van der Waals surface area contributed by atoms with E-state index in [0.29, 0.717) is 17.0 Å². The van der Waals surface area contributed by atoms with Crippen LogP contribution in [0.1, 0.15) is 0 Å². The SMILES string of the molecule is Cn1c(=O)oc2cc(S(=O)(=O)Nc3ccccc3Oc3ccccc3)c(Cl)cc21. The van der Waals surface area contributed by atoms with E-state index >= 15 is 0 Å². The Balaban J connectivity index is 1.72. The van der Waals surface area contributed by atoms with Gasteiger partial charge >= 0.3 is 5.76 Å². The molecule has 4 aromatic rings. The molecule has 0 saturated heterocycles. The van der Waals surface area contributed by atoms with Crippen molar-refractivity contribution in [3.8, 4) is 11.5 Å². The Labute approximate surface area is 171 Å². The average molecular weight is 431 g/mol. The molecule has 1 N–H and O–H groups in total. The maximum Gasteiger partial charge on any atom is 0.419 e. The minimum absolute atomic E-state index is 0.0390. The molecule has 0 atom stereocenters. The first kappa shape index (κ1) is 19.1. The summed E-state index contributed by atoms with van der Waals surface area (Å²) in [5, 5.41) is -0.0390. The van der Waals surface area contributed by atoms with E-state index < -0.39 is 15.8 Å². The Kier molecular flexibility index (Phi) is 4.81. The van der Waals surface area contributed by atoms with Crippen LogP contribution >= 0.6 is 11.6 Å². The van der Waals surface area contributed by atoms with Crippen LogP contribution in [-0.4, -0.2) is 13.0 Å². The molecule has 0 unspecified atom stereocenters. The second-order valence-corrected chi connectivity index (χ2v) is 8.25. The fraction of sp³-hybridized carbons (Fsp3) is 0.0500. The van der Waals surface area contributed by atoms with Gasteiger partial charge in [0.2, 0.25) is 0 Å². The van der Waals surface area contributed by atoms with Gasteiger partial charge in [-0.15, -0.1) is 0 Å². The molecule has 4 rings (SSSR count). The number of aryl methyl sites for hydroxylation is 1. The molecule has 1 aromatic heterocycles. The van der Waals surface area contributed by atoms with Crippen LogP contribution in [0.3, 0.4) is 0 Å². The lowest BCUT2D eigenvalue weighted by Crippen LogP contribution is -2.14. The Bertz CT molecular complexity index is 1360. The number of hydrogen-bond donors (Lipinski definition) is 1. The topological polar surface area (TPSA) is 90.5 Å². The number of halogens is 1. The quantitative estimate of drug-likeness (QED) is 0.507. The highest BCUT2D eigenvalue weighted by Crippen LogP contribution is 2.33. The second-order valence-electron chi connectivity index (χ2n) is 6.19. The first-order chi connectivity index (χ1) is 13.8. The Morgan fingerprint density at radius 3 is 2.48 bits per heavy atom. The number of ether oxygens (including phenoxy) is 1. The van der Waals surface area contributed by atoms with Crippen molar-refractivity contribution in [2.45, 2.75) is 4.90 Å². The van der Waals surface area contributed by atoms with Crippen LogP contribution < -0.4 is 15.2 Å². The Morgan fingerprint density at radius 2 is 1.72 bits per heavy atom. The first-order valence-corrected chi connectivity index (χ1v) is 10.3. The predicted octanol–water partition coefficient (Wildman–Crippen LogP) is 4.38. The van der Waals surface area contributed by atoms with E-state index in [1.807, 2.05) is 18.2 Å². The van der Waals surface area contributed by atoms with Gasteiger partial charge in [-0.25, -0.2) is 13.2 Å². The van der Waals surface area contributed by atoms with Crippen molar-refractivity contribution in [2.24, 2.45) is 7.05 Å². The van der Waals surface area contributed by atoms with Crippen molar-refractivity contribution < 1.29 is 17.6 Å². The van der Waals surface area contributed by atoms with E-state index in [1.165, 1.54) is 23.7 Å². The van der Waals surface area contributed by atoms with Crippen molar-refractivity contribution in [2.75, 3.05) is 4.72 Å². The van der Waals surface area contributed by atoms with E-state index in [4.69, 9.17) is 20.8 Å². The summed E-state index contributed by atoms with van der Waals surface area (Å²) in [6.07, 6.45) is 0. The molecule has 1 heterocycles. The third-order valence-electron chi connectivity index (χ3n) is 4.24. The number of oxazole rings is 1. The van der Waals surface area contributed by atoms with E-state index in [1.54, 1.807) is 36.4 Å². The van der Waals surface area contributed by atoms with E-state index in [2.05, 4.69) is 4.72 Å². The molecular formula is C20H15ClN2O5S. The lowest BCUT2D eigenvalue weighted by atomic mass is 10.3. The van der Waals surface area contributed by atoms with Gasteiger partial charge in [-0.2, -0.15) is 0 Å². The Hall–Kier alpha value is -3.23.